The monoisotopic (exact) mass is 197 g/mol. The van der Waals surface area contributed by atoms with Gasteiger partial charge in [0.1, 0.15) is 0 Å². The number of hydrogen-bond donors (Lipinski definition) is 2. The van der Waals surface area contributed by atoms with Gasteiger partial charge in [-0.1, -0.05) is 0 Å². The molecule has 1 heterocycles. The highest BCUT2D eigenvalue weighted by Gasteiger charge is 2.23. The molecule has 1 fully saturated rings. The molecule has 0 amide bonds. The van der Waals surface area contributed by atoms with Crippen molar-refractivity contribution in [2.24, 2.45) is 0 Å². The molecule has 0 atom stereocenters. The van der Waals surface area contributed by atoms with Crippen LogP contribution in [0.5, 0.6) is 0 Å². The van der Waals surface area contributed by atoms with Crippen molar-refractivity contribution in [3.8, 4) is 0 Å². The van der Waals surface area contributed by atoms with Crippen molar-refractivity contribution in [3.63, 3.8) is 0 Å². The second-order valence-electron chi connectivity index (χ2n) is 2.61. The lowest BCUT2D eigenvalue weighted by molar-refractivity contribution is 0.114. The zero-order chi connectivity index (χ0) is 8.48. The van der Waals surface area contributed by atoms with Crippen LogP contribution in [0.15, 0.2) is 0 Å². The van der Waals surface area contributed by atoms with Gasteiger partial charge in [0.05, 0.1) is 6.10 Å². The minimum absolute atomic E-state index is 0.346. The van der Waals surface area contributed by atoms with E-state index in [2.05, 4.69) is 11.7 Å². The van der Waals surface area contributed by atoms with Crippen molar-refractivity contribution in [2.75, 3.05) is 13.1 Å². The first-order chi connectivity index (χ1) is 5.00. The fraction of sp³-hybridized carbons (Fsp3) is 1.00. The molecule has 1 aliphatic rings. The Kier molecular flexibility index (Phi) is 2.79. The summed E-state index contributed by atoms with van der Waals surface area (Å²) < 4.78 is 22.9. The lowest BCUT2D eigenvalue weighted by Crippen LogP contribution is -2.37. The second kappa shape index (κ2) is 3.30. The van der Waals surface area contributed by atoms with Crippen LogP contribution in [0.1, 0.15) is 12.8 Å². The normalized spacial score (nSPS) is 23.8. The number of rotatable bonds is 1. The van der Waals surface area contributed by atoms with E-state index in [1.807, 2.05) is 0 Å². The van der Waals surface area contributed by atoms with Gasteiger partial charge < -0.3 is 5.11 Å². The Labute approximate surface area is 71.1 Å². The zero-order valence-corrected chi connectivity index (χ0v) is 7.68. The predicted molar refractivity (Wildman–Crippen MR) is 44.7 cm³/mol. The lowest BCUT2D eigenvalue weighted by Gasteiger charge is -2.26. The van der Waals surface area contributed by atoms with Crippen LogP contribution in [0.2, 0.25) is 0 Å². The van der Waals surface area contributed by atoms with Crippen LogP contribution in [0.4, 0.5) is 0 Å². The quantitative estimate of drug-likeness (QED) is 0.445. The highest BCUT2D eigenvalue weighted by atomic mass is 33.1. The van der Waals surface area contributed by atoms with Crippen LogP contribution in [0, 0.1) is 0 Å². The van der Waals surface area contributed by atoms with E-state index in [4.69, 9.17) is 5.11 Å². The van der Waals surface area contributed by atoms with Crippen molar-refractivity contribution in [1.29, 1.82) is 0 Å². The average Bonchev–Trinajstić information content (AvgIpc) is 1.86. The zero-order valence-electron chi connectivity index (χ0n) is 5.97. The fourth-order valence-electron chi connectivity index (χ4n) is 1.07. The maximum atomic E-state index is 10.8. The Bertz CT molecular complexity index is 218. The van der Waals surface area contributed by atoms with Gasteiger partial charge in [0.25, 0.3) is 9.06 Å². The molecule has 0 aromatic heterocycles. The minimum Gasteiger partial charge on any atom is -0.393 e. The van der Waals surface area contributed by atoms with Gasteiger partial charge in [-0.25, -0.2) is 8.42 Å². The molecule has 11 heavy (non-hydrogen) atoms. The molecule has 0 aliphatic carbocycles. The molecular weight excluding hydrogens is 186 g/mol. The van der Waals surface area contributed by atoms with Crippen molar-refractivity contribution in [3.05, 3.63) is 0 Å². The molecule has 66 valence electrons. The van der Waals surface area contributed by atoms with E-state index in [9.17, 15) is 8.42 Å². The number of aliphatic hydroxyl groups excluding tert-OH is 1. The summed E-state index contributed by atoms with van der Waals surface area (Å²) in [5.74, 6) is 0. The molecule has 6 heteroatoms. The van der Waals surface area contributed by atoms with E-state index in [1.54, 1.807) is 0 Å². The minimum atomic E-state index is -3.33. The predicted octanol–water partition coefficient (Wildman–Crippen LogP) is -0.382. The molecular formula is C5H11NO3S2. The first kappa shape index (κ1) is 9.31. The molecule has 0 radical (unpaired) electrons. The van der Waals surface area contributed by atoms with E-state index in [0.29, 0.717) is 25.9 Å². The number of aliphatic hydroxyl groups is 1. The van der Waals surface area contributed by atoms with E-state index in [1.165, 1.54) is 4.31 Å². The lowest BCUT2D eigenvalue weighted by atomic mass is 10.1. The Balaban J connectivity index is 2.53. The summed E-state index contributed by atoms with van der Waals surface area (Å²) in [4.78, 5) is 0. The SMILES string of the molecule is O=S(=O)(S)N1CCC(O)CC1. The van der Waals surface area contributed by atoms with E-state index in [0.717, 1.165) is 0 Å². The number of nitrogens with zero attached hydrogens (tertiary/aromatic N) is 1. The summed E-state index contributed by atoms with van der Waals surface area (Å²) in [5, 5.41) is 9.05. The maximum Gasteiger partial charge on any atom is 0.264 e. The van der Waals surface area contributed by atoms with Crippen LogP contribution in [0.25, 0.3) is 0 Å². The van der Waals surface area contributed by atoms with Gasteiger partial charge in [-0.05, 0) is 24.5 Å². The molecule has 1 aliphatic heterocycles. The molecule has 1 N–H and O–H groups in total. The Morgan fingerprint density at radius 3 is 2.18 bits per heavy atom. The first-order valence-corrected chi connectivity index (χ1v) is 5.90. The van der Waals surface area contributed by atoms with Crippen LogP contribution in [-0.4, -0.2) is 37.0 Å². The molecule has 1 saturated heterocycles. The van der Waals surface area contributed by atoms with E-state index >= 15 is 0 Å². The Morgan fingerprint density at radius 2 is 1.82 bits per heavy atom. The molecule has 0 aromatic rings. The topological polar surface area (TPSA) is 57.6 Å². The third-order valence-corrected chi connectivity index (χ3v) is 3.46. The second-order valence-corrected chi connectivity index (χ2v) is 5.40. The van der Waals surface area contributed by atoms with Gasteiger partial charge in [0.15, 0.2) is 0 Å². The highest BCUT2D eigenvalue weighted by Crippen LogP contribution is 2.15. The van der Waals surface area contributed by atoms with E-state index < -0.39 is 9.06 Å². The number of hydrogen-bond acceptors (Lipinski definition) is 3. The molecule has 4 nitrogen and oxygen atoms in total. The van der Waals surface area contributed by atoms with Crippen molar-refractivity contribution < 1.29 is 13.5 Å². The first-order valence-electron chi connectivity index (χ1n) is 3.41. The largest absolute Gasteiger partial charge is 0.393 e. The van der Waals surface area contributed by atoms with Gasteiger partial charge in [-0.15, -0.1) is 0 Å². The molecule has 0 unspecified atom stereocenters. The Morgan fingerprint density at radius 1 is 1.36 bits per heavy atom. The van der Waals surface area contributed by atoms with Crippen LogP contribution < -0.4 is 0 Å². The van der Waals surface area contributed by atoms with Gasteiger partial charge in [0.2, 0.25) is 0 Å². The van der Waals surface area contributed by atoms with Crippen molar-refractivity contribution >= 4 is 20.7 Å². The van der Waals surface area contributed by atoms with Gasteiger partial charge in [-0.2, -0.15) is 4.31 Å². The van der Waals surface area contributed by atoms with Crippen LogP contribution in [0.3, 0.4) is 0 Å². The smallest absolute Gasteiger partial charge is 0.264 e. The highest BCUT2D eigenvalue weighted by molar-refractivity contribution is 8.62. The fourth-order valence-corrected chi connectivity index (χ4v) is 2.24. The summed E-state index contributed by atoms with van der Waals surface area (Å²) in [6.45, 7) is 0.764. The molecule has 0 saturated carbocycles. The number of thiol groups is 1. The van der Waals surface area contributed by atoms with Crippen LogP contribution in [-0.2, 0) is 9.06 Å². The molecule has 0 spiro atoms. The number of piperidine rings is 1. The van der Waals surface area contributed by atoms with E-state index in [-0.39, 0.29) is 6.10 Å². The molecule has 0 bridgehead atoms. The Hall–Kier alpha value is 0.220. The van der Waals surface area contributed by atoms with Crippen LogP contribution >= 0.6 is 11.7 Å². The molecule has 0 aromatic carbocycles. The standard InChI is InChI=1S/C5H11NO3S2/c7-5-1-3-6(4-2-5)11(8,9)10/h5,7H,1-4H2,(H,8,9,10). The summed E-state index contributed by atoms with van der Waals surface area (Å²) in [7, 11) is -3.33. The average molecular weight is 197 g/mol. The maximum absolute atomic E-state index is 10.8. The summed E-state index contributed by atoms with van der Waals surface area (Å²) in [6, 6.07) is 0. The van der Waals surface area contributed by atoms with Crippen molar-refractivity contribution in [2.45, 2.75) is 18.9 Å². The van der Waals surface area contributed by atoms with Gasteiger partial charge in [0, 0.05) is 13.1 Å². The summed E-state index contributed by atoms with van der Waals surface area (Å²) in [6.07, 6.45) is 0.681. The summed E-state index contributed by atoms with van der Waals surface area (Å²) >= 11 is 3.44. The van der Waals surface area contributed by atoms with Gasteiger partial charge in [-0.3, -0.25) is 0 Å². The summed E-state index contributed by atoms with van der Waals surface area (Å²) in [5.41, 5.74) is 0. The third kappa shape index (κ3) is 2.62. The van der Waals surface area contributed by atoms with Crippen molar-refractivity contribution in [1.82, 2.24) is 4.31 Å². The third-order valence-electron chi connectivity index (χ3n) is 1.75. The molecule has 1 rings (SSSR count). The van der Waals surface area contributed by atoms with Gasteiger partial charge >= 0.3 is 0 Å².